The highest BCUT2D eigenvalue weighted by molar-refractivity contribution is 5.62. The summed E-state index contributed by atoms with van der Waals surface area (Å²) in [5.41, 5.74) is 1.94. The lowest BCUT2D eigenvalue weighted by Crippen LogP contribution is -2.37. The lowest BCUT2D eigenvalue weighted by atomic mass is 9.93. The fourth-order valence-electron chi connectivity index (χ4n) is 6.94. The molecule has 0 amide bonds. The molecule has 0 N–H and O–H groups in total. The van der Waals surface area contributed by atoms with Crippen molar-refractivity contribution in [2.45, 2.75) is 23.8 Å². The second kappa shape index (κ2) is 16.0. The molecule has 2 heterocycles. The zero-order chi connectivity index (χ0) is 38.6. The molecule has 0 spiro atoms. The second-order valence-electron chi connectivity index (χ2n) is 12.1. The highest BCUT2D eigenvalue weighted by Gasteiger charge is 2.58. The van der Waals surface area contributed by atoms with Crippen molar-refractivity contribution in [2.75, 3.05) is 84.3 Å². The zero-order valence-electron chi connectivity index (χ0n) is 32.1. The van der Waals surface area contributed by atoms with Gasteiger partial charge in [-0.25, -0.2) is 0 Å². The van der Waals surface area contributed by atoms with Crippen LogP contribution in [-0.4, -0.2) is 96.5 Å². The van der Waals surface area contributed by atoms with Gasteiger partial charge in [-0.1, -0.05) is 0 Å². The predicted molar refractivity (Wildman–Crippen MR) is 194 cm³/mol. The normalized spacial score (nSPS) is 18.4. The maximum atomic E-state index is 7.14. The minimum atomic E-state index is -1.75. The summed E-state index contributed by atoms with van der Waals surface area (Å²) in [5, 5.41) is 0. The second-order valence-corrected chi connectivity index (χ2v) is 12.1. The third kappa shape index (κ3) is 6.48. The summed E-state index contributed by atoms with van der Waals surface area (Å²) in [7, 11) is 15.5. The third-order valence-corrected chi connectivity index (χ3v) is 9.57. The number of ether oxygens (including phenoxy) is 14. The molecule has 4 aromatic rings. The first-order valence-electron chi connectivity index (χ1n) is 16.9. The van der Waals surface area contributed by atoms with E-state index < -0.39 is 23.8 Å². The van der Waals surface area contributed by atoms with Gasteiger partial charge in [0.1, 0.15) is 80.8 Å². The Balaban J connectivity index is 1.53. The third-order valence-electron chi connectivity index (χ3n) is 9.57. The summed E-state index contributed by atoms with van der Waals surface area (Å²) in [6.07, 6.45) is -1.48. The van der Waals surface area contributed by atoms with E-state index in [0.29, 0.717) is 79.7 Å². The van der Waals surface area contributed by atoms with Crippen LogP contribution in [0.15, 0.2) is 60.7 Å². The number of methoxy groups -OCH3 is 10. The first-order valence-corrected chi connectivity index (χ1v) is 16.9. The van der Waals surface area contributed by atoms with Crippen molar-refractivity contribution in [3.05, 3.63) is 82.9 Å². The van der Waals surface area contributed by atoms with Gasteiger partial charge in [-0.05, 0) is 24.3 Å². The molecule has 290 valence electrons. The number of benzene rings is 4. The molecular weight excluding hydrogens is 704 g/mol. The van der Waals surface area contributed by atoms with Gasteiger partial charge in [0.05, 0.1) is 95.4 Å². The van der Waals surface area contributed by atoms with E-state index in [0.717, 1.165) is 0 Å². The summed E-state index contributed by atoms with van der Waals surface area (Å²) >= 11 is 0. The molecule has 2 aliphatic rings. The molecule has 2 saturated heterocycles. The van der Waals surface area contributed by atoms with Gasteiger partial charge in [0.2, 0.25) is 11.6 Å². The molecule has 0 aliphatic carbocycles. The van der Waals surface area contributed by atoms with E-state index >= 15 is 0 Å². The fraction of sp³-hybridized carbons (Fsp3) is 0.400. The van der Waals surface area contributed by atoms with Crippen molar-refractivity contribution >= 4 is 0 Å². The summed E-state index contributed by atoms with van der Waals surface area (Å²) in [5.74, 6) is 1.22. The maximum absolute atomic E-state index is 7.14. The van der Waals surface area contributed by atoms with Gasteiger partial charge < -0.3 is 66.3 Å². The lowest BCUT2D eigenvalue weighted by Gasteiger charge is -2.34. The van der Waals surface area contributed by atoms with Crippen molar-refractivity contribution < 1.29 is 66.3 Å². The molecule has 2 unspecified atom stereocenters. The van der Waals surface area contributed by atoms with E-state index in [1.165, 1.54) is 28.4 Å². The van der Waals surface area contributed by atoms with Crippen molar-refractivity contribution in [3.63, 3.8) is 0 Å². The molecule has 6 rings (SSSR count). The van der Waals surface area contributed by atoms with Gasteiger partial charge in [0.25, 0.3) is 0 Å². The lowest BCUT2D eigenvalue weighted by molar-refractivity contribution is -0.181. The van der Waals surface area contributed by atoms with Crippen LogP contribution in [0.1, 0.15) is 22.3 Å². The first-order chi connectivity index (χ1) is 26.2. The largest absolute Gasteiger partial charge is 0.497 e. The van der Waals surface area contributed by atoms with E-state index in [2.05, 4.69) is 0 Å². The van der Waals surface area contributed by atoms with E-state index in [-0.39, 0.29) is 13.2 Å². The molecule has 2 atom stereocenters. The maximum Gasteiger partial charge on any atom is 0.237 e. The summed E-state index contributed by atoms with van der Waals surface area (Å²) < 4.78 is 85.5. The smallest absolute Gasteiger partial charge is 0.237 e. The Morgan fingerprint density at radius 3 is 1.04 bits per heavy atom. The standard InChI is InChI=1S/C40H46O14/c1-41-23-11-13-27(29(15-23)45-5)39(28-14-12-24(42-2)16-30(28)46-6)51-21-35(53-39)36-22-52-40(54-36,37-31(47-7)17-25(43-3)18-32(37)48-8)38-33(49-9)19-26(44-4)20-34(38)50-10/h11-20,35-36H,21-22H2,1-10H3. The summed E-state index contributed by atoms with van der Waals surface area (Å²) in [4.78, 5) is 0. The van der Waals surface area contributed by atoms with Crippen LogP contribution in [0.2, 0.25) is 0 Å². The van der Waals surface area contributed by atoms with Gasteiger partial charge in [-0.2, -0.15) is 0 Å². The van der Waals surface area contributed by atoms with Crippen LogP contribution in [0.4, 0.5) is 0 Å². The molecule has 0 aromatic heterocycles. The van der Waals surface area contributed by atoms with Gasteiger partial charge in [-0.15, -0.1) is 0 Å². The molecule has 2 fully saturated rings. The van der Waals surface area contributed by atoms with Crippen molar-refractivity contribution in [3.8, 4) is 57.5 Å². The van der Waals surface area contributed by atoms with Gasteiger partial charge in [-0.3, -0.25) is 0 Å². The number of hydrogen-bond donors (Lipinski definition) is 0. The molecule has 0 bridgehead atoms. The number of rotatable bonds is 15. The SMILES string of the molecule is COc1ccc(C2(c3ccc(OC)cc3OC)OCC(C3COC(c4c(OC)cc(OC)cc4OC)(c4c(OC)cc(OC)cc4OC)O3)O2)c(OC)c1. The van der Waals surface area contributed by atoms with E-state index in [1.54, 1.807) is 91.2 Å². The van der Waals surface area contributed by atoms with Crippen LogP contribution in [0.25, 0.3) is 0 Å². The fourth-order valence-corrected chi connectivity index (χ4v) is 6.94. The number of hydrogen-bond acceptors (Lipinski definition) is 14. The average molecular weight is 751 g/mol. The highest BCUT2D eigenvalue weighted by Crippen LogP contribution is 2.57. The molecule has 14 heteroatoms. The van der Waals surface area contributed by atoms with Crippen molar-refractivity contribution in [1.29, 1.82) is 0 Å². The van der Waals surface area contributed by atoms with Gasteiger partial charge >= 0.3 is 0 Å². The van der Waals surface area contributed by atoms with Crippen LogP contribution in [-0.2, 0) is 30.5 Å². The van der Waals surface area contributed by atoms with Gasteiger partial charge in [0, 0.05) is 36.4 Å². The van der Waals surface area contributed by atoms with E-state index in [1.807, 2.05) is 12.1 Å². The van der Waals surface area contributed by atoms with Crippen LogP contribution in [0.5, 0.6) is 57.5 Å². The minimum absolute atomic E-state index is 0.0281. The molecular formula is C40H46O14. The van der Waals surface area contributed by atoms with Crippen LogP contribution in [0.3, 0.4) is 0 Å². The summed E-state index contributed by atoms with van der Waals surface area (Å²) in [6.45, 7) is 0.0997. The Labute approximate surface area is 314 Å². The molecule has 4 aromatic carbocycles. The van der Waals surface area contributed by atoms with E-state index in [4.69, 9.17) is 66.3 Å². The highest BCUT2D eigenvalue weighted by atomic mass is 16.8. The molecule has 0 radical (unpaired) electrons. The zero-order valence-corrected chi connectivity index (χ0v) is 32.1. The van der Waals surface area contributed by atoms with E-state index in [9.17, 15) is 0 Å². The predicted octanol–water partition coefficient (Wildman–Crippen LogP) is 5.71. The minimum Gasteiger partial charge on any atom is -0.497 e. The average Bonchev–Trinajstić information content (AvgIpc) is 3.88. The molecule has 54 heavy (non-hydrogen) atoms. The Morgan fingerprint density at radius 1 is 0.389 bits per heavy atom. The molecule has 2 aliphatic heterocycles. The molecule has 0 saturated carbocycles. The van der Waals surface area contributed by atoms with Crippen molar-refractivity contribution in [2.24, 2.45) is 0 Å². The van der Waals surface area contributed by atoms with Crippen LogP contribution < -0.4 is 47.4 Å². The van der Waals surface area contributed by atoms with Crippen LogP contribution >= 0.6 is 0 Å². The first kappa shape index (κ1) is 38.4. The van der Waals surface area contributed by atoms with Crippen LogP contribution in [0, 0.1) is 0 Å². The monoisotopic (exact) mass is 750 g/mol. The molecule has 14 nitrogen and oxygen atoms in total. The van der Waals surface area contributed by atoms with Gasteiger partial charge in [0.15, 0.2) is 0 Å². The Bertz CT molecular complexity index is 1780. The Hall–Kier alpha value is -5.28. The Kier molecular flexibility index (Phi) is 11.4. The Morgan fingerprint density at radius 2 is 0.704 bits per heavy atom. The topological polar surface area (TPSA) is 129 Å². The quantitative estimate of drug-likeness (QED) is 0.147. The van der Waals surface area contributed by atoms with Crippen molar-refractivity contribution in [1.82, 2.24) is 0 Å². The summed E-state index contributed by atoms with van der Waals surface area (Å²) in [6, 6.07) is 17.7.